The molecule has 4 rings (SSSR count). The highest BCUT2D eigenvalue weighted by Gasteiger charge is 2.08. The van der Waals surface area contributed by atoms with Gasteiger partial charge in [0.1, 0.15) is 12.1 Å². The van der Waals surface area contributed by atoms with Crippen molar-refractivity contribution in [2.75, 3.05) is 18.5 Å². The van der Waals surface area contributed by atoms with Crippen LogP contribution in [0.4, 0.5) is 5.82 Å². The van der Waals surface area contributed by atoms with Crippen LogP contribution in [0.15, 0.2) is 61.3 Å². The molecule has 0 aliphatic heterocycles. The van der Waals surface area contributed by atoms with Gasteiger partial charge in [0, 0.05) is 36.1 Å². The number of anilines is 1. The van der Waals surface area contributed by atoms with Gasteiger partial charge in [-0.25, -0.2) is 14.6 Å². The third kappa shape index (κ3) is 3.05. The van der Waals surface area contributed by atoms with Gasteiger partial charge in [-0.15, -0.1) is 0 Å². The van der Waals surface area contributed by atoms with E-state index in [-0.39, 0.29) is 6.61 Å². The van der Waals surface area contributed by atoms with Crippen molar-refractivity contribution in [2.45, 2.75) is 0 Å². The van der Waals surface area contributed by atoms with E-state index < -0.39 is 0 Å². The van der Waals surface area contributed by atoms with E-state index in [1.807, 2.05) is 47.3 Å². The van der Waals surface area contributed by atoms with Crippen molar-refractivity contribution in [1.29, 1.82) is 0 Å². The zero-order valence-electron chi connectivity index (χ0n) is 13.4. The van der Waals surface area contributed by atoms with Gasteiger partial charge in [-0.2, -0.15) is 5.10 Å². The first-order chi connectivity index (χ1) is 12.3. The van der Waals surface area contributed by atoms with Gasteiger partial charge in [-0.3, -0.25) is 4.98 Å². The lowest BCUT2D eigenvalue weighted by atomic mass is 10.2. The lowest BCUT2D eigenvalue weighted by Gasteiger charge is -2.08. The summed E-state index contributed by atoms with van der Waals surface area (Å²) in [6.07, 6.45) is 6.95. The average molecular weight is 332 g/mol. The number of hydrogen-bond donors (Lipinski definition) is 2. The standard InChI is InChI=1S/C18H16N6O/c25-9-7-20-18-15-10-14(3-4-17(15)21-12-22-18)24-8-5-16(23-24)13-2-1-6-19-11-13/h1-6,8,10-12,25H,7,9H2,(H,20,21,22). The number of aliphatic hydroxyl groups excluding tert-OH is 1. The predicted molar refractivity (Wildman–Crippen MR) is 95.5 cm³/mol. The Morgan fingerprint density at radius 3 is 2.92 bits per heavy atom. The molecule has 7 heteroatoms. The Kier molecular flexibility index (Phi) is 4.05. The molecule has 3 aromatic heterocycles. The third-order valence-electron chi connectivity index (χ3n) is 3.83. The van der Waals surface area contributed by atoms with E-state index in [1.54, 1.807) is 12.4 Å². The van der Waals surface area contributed by atoms with Crippen LogP contribution in [0.25, 0.3) is 27.8 Å². The van der Waals surface area contributed by atoms with Crippen LogP contribution in [0.5, 0.6) is 0 Å². The summed E-state index contributed by atoms with van der Waals surface area (Å²) in [6, 6.07) is 11.7. The smallest absolute Gasteiger partial charge is 0.137 e. The number of aromatic nitrogens is 5. The van der Waals surface area contributed by atoms with Crippen molar-refractivity contribution in [2.24, 2.45) is 0 Å². The van der Waals surface area contributed by atoms with Crippen molar-refractivity contribution >= 4 is 16.7 Å². The molecule has 2 N–H and O–H groups in total. The molecule has 0 fully saturated rings. The Morgan fingerprint density at radius 1 is 1.12 bits per heavy atom. The number of benzene rings is 1. The van der Waals surface area contributed by atoms with Crippen LogP contribution in [-0.2, 0) is 0 Å². The van der Waals surface area contributed by atoms with Crippen molar-refractivity contribution in [3.8, 4) is 16.9 Å². The largest absolute Gasteiger partial charge is 0.395 e. The van der Waals surface area contributed by atoms with Crippen LogP contribution in [0, 0.1) is 0 Å². The van der Waals surface area contributed by atoms with Gasteiger partial charge in [0.25, 0.3) is 0 Å². The van der Waals surface area contributed by atoms with Gasteiger partial charge >= 0.3 is 0 Å². The number of rotatable bonds is 5. The summed E-state index contributed by atoms with van der Waals surface area (Å²) in [4.78, 5) is 12.7. The van der Waals surface area contributed by atoms with E-state index in [0.29, 0.717) is 12.4 Å². The van der Waals surface area contributed by atoms with Crippen molar-refractivity contribution in [3.63, 3.8) is 0 Å². The van der Waals surface area contributed by atoms with Gasteiger partial charge in [-0.1, -0.05) is 0 Å². The second kappa shape index (κ2) is 6.66. The summed E-state index contributed by atoms with van der Waals surface area (Å²) < 4.78 is 1.81. The Balaban J connectivity index is 1.73. The predicted octanol–water partition coefficient (Wildman–Crippen LogP) is 2.28. The summed E-state index contributed by atoms with van der Waals surface area (Å²) >= 11 is 0. The monoisotopic (exact) mass is 332 g/mol. The van der Waals surface area contributed by atoms with E-state index in [0.717, 1.165) is 27.8 Å². The summed E-state index contributed by atoms with van der Waals surface area (Å²) in [6.45, 7) is 0.474. The molecule has 0 atom stereocenters. The summed E-state index contributed by atoms with van der Waals surface area (Å²) in [5, 5.41) is 17.6. The number of hydrogen-bond acceptors (Lipinski definition) is 6. The van der Waals surface area contributed by atoms with Crippen LogP contribution >= 0.6 is 0 Å². The molecule has 124 valence electrons. The normalized spacial score (nSPS) is 10.9. The molecule has 0 amide bonds. The summed E-state index contributed by atoms with van der Waals surface area (Å²) in [5.74, 6) is 0.695. The molecule has 0 spiro atoms. The summed E-state index contributed by atoms with van der Waals surface area (Å²) in [7, 11) is 0. The van der Waals surface area contributed by atoms with Gasteiger partial charge in [-0.05, 0) is 36.4 Å². The number of aliphatic hydroxyl groups is 1. The van der Waals surface area contributed by atoms with Crippen LogP contribution in [0.2, 0.25) is 0 Å². The van der Waals surface area contributed by atoms with Gasteiger partial charge in [0.2, 0.25) is 0 Å². The Hall–Kier alpha value is -3.32. The molecule has 1 aromatic carbocycles. The molecule has 0 saturated carbocycles. The quantitative estimate of drug-likeness (QED) is 0.583. The van der Waals surface area contributed by atoms with E-state index in [4.69, 9.17) is 5.11 Å². The number of fused-ring (bicyclic) bond motifs is 1. The molecule has 3 heterocycles. The van der Waals surface area contributed by atoms with E-state index in [1.165, 1.54) is 6.33 Å². The topological polar surface area (TPSA) is 88.8 Å². The first-order valence-electron chi connectivity index (χ1n) is 7.91. The van der Waals surface area contributed by atoms with Gasteiger partial charge < -0.3 is 10.4 Å². The average Bonchev–Trinajstić information content (AvgIpc) is 3.17. The highest BCUT2D eigenvalue weighted by atomic mass is 16.3. The van der Waals surface area contributed by atoms with E-state index in [2.05, 4.69) is 25.4 Å². The fraction of sp³-hybridized carbons (Fsp3) is 0.111. The SMILES string of the molecule is OCCNc1ncnc2ccc(-n3ccc(-c4cccnc4)n3)cc12. The number of nitrogens with one attached hydrogen (secondary N) is 1. The maximum Gasteiger partial charge on any atom is 0.137 e. The zero-order chi connectivity index (χ0) is 17.1. The summed E-state index contributed by atoms with van der Waals surface area (Å²) in [5.41, 5.74) is 3.56. The van der Waals surface area contributed by atoms with Crippen LogP contribution in [-0.4, -0.2) is 43.0 Å². The highest BCUT2D eigenvalue weighted by molar-refractivity contribution is 5.90. The minimum atomic E-state index is 0.0405. The zero-order valence-corrected chi connectivity index (χ0v) is 13.4. The highest BCUT2D eigenvalue weighted by Crippen LogP contribution is 2.23. The molecular weight excluding hydrogens is 316 g/mol. The number of pyridine rings is 1. The fourth-order valence-corrected chi connectivity index (χ4v) is 2.64. The second-order valence-electron chi connectivity index (χ2n) is 5.46. The molecule has 0 saturated heterocycles. The number of nitrogens with zero attached hydrogens (tertiary/aromatic N) is 5. The molecule has 25 heavy (non-hydrogen) atoms. The van der Waals surface area contributed by atoms with Crippen molar-refractivity contribution < 1.29 is 5.11 Å². The Morgan fingerprint density at radius 2 is 2.08 bits per heavy atom. The minimum Gasteiger partial charge on any atom is -0.395 e. The molecule has 0 unspecified atom stereocenters. The fourth-order valence-electron chi connectivity index (χ4n) is 2.64. The molecule has 0 radical (unpaired) electrons. The molecular formula is C18H16N6O. The van der Waals surface area contributed by atoms with E-state index >= 15 is 0 Å². The lowest BCUT2D eigenvalue weighted by molar-refractivity contribution is 0.311. The molecule has 0 aliphatic carbocycles. The first-order valence-corrected chi connectivity index (χ1v) is 7.91. The molecule has 7 nitrogen and oxygen atoms in total. The van der Waals surface area contributed by atoms with Crippen LogP contribution in [0.1, 0.15) is 0 Å². The second-order valence-corrected chi connectivity index (χ2v) is 5.46. The third-order valence-corrected chi connectivity index (χ3v) is 3.83. The molecule has 0 bridgehead atoms. The van der Waals surface area contributed by atoms with Crippen LogP contribution in [0.3, 0.4) is 0 Å². The first kappa shape index (κ1) is 15.2. The maximum atomic E-state index is 9.02. The van der Waals surface area contributed by atoms with Crippen molar-refractivity contribution in [3.05, 3.63) is 61.3 Å². The molecule has 0 aliphatic rings. The Bertz CT molecular complexity index is 999. The van der Waals surface area contributed by atoms with Crippen molar-refractivity contribution in [1.82, 2.24) is 24.7 Å². The van der Waals surface area contributed by atoms with Gasteiger partial charge in [0.05, 0.1) is 23.5 Å². The lowest BCUT2D eigenvalue weighted by Crippen LogP contribution is -2.07. The molecule has 4 aromatic rings. The van der Waals surface area contributed by atoms with Gasteiger partial charge in [0.15, 0.2) is 0 Å². The maximum absolute atomic E-state index is 9.02. The van der Waals surface area contributed by atoms with E-state index in [9.17, 15) is 0 Å². The van der Waals surface area contributed by atoms with Crippen LogP contribution < -0.4 is 5.32 Å². The minimum absolute atomic E-state index is 0.0405. The Labute approximate surface area is 144 Å².